The summed E-state index contributed by atoms with van der Waals surface area (Å²) in [5.41, 5.74) is 4.81. The lowest BCUT2D eigenvalue weighted by Gasteiger charge is -2.14. The van der Waals surface area contributed by atoms with E-state index in [0.717, 1.165) is 0 Å². The number of benzene rings is 3. The fraction of sp³-hybridized carbons (Fsp3) is 0.441. The van der Waals surface area contributed by atoms with Crippen molar-refractivity contribution in [3.8, 4) is 16.9 Å². The second kappa shape index (κ2) is 20.1. The van der Waals surface area contributed by atoms with Gasteiger partial charge in [-0.25, -0.2) is 4.79 Å². The van der Waals surface area contributed by atoms with Gasteiger partial charge in [0, 0.05) is 31.2 Å². The first-order valence-corrected chi connectivity index (χ1v) is 15.5. The van der Waals surface area contributed by atoms with Crippen LogP contribution in [0.5, 0.6) is 5.75 Å². The third kappa shape index (κ3) is 11.7. The molecular weight excluding hydrogens is 596 g/mol. The van der Waals surface area contributed by atoms with Gasteiger partial charge in [-0.15, -0.1) is 0 Å². The molecule has 0 aromatic heterocycles. The van der Waals surface area contributed by atoms with Crippen molar-refractivity contribution in [3.05, 3.63) is 94.0 Å². The highest BCUT2D eigenvalue weighted by molar-refractivity contribution is 5.79. The first-order valence-electron chi connectivity index (χ1n) is 15.5. The van der Waals surface area contributed by atoms with E-state index < -0.39 is 11.0 Å². The predicted molar refractivity (Wildman–Crippen MR) is 170 cm³/mol. The molecule has 0 radical (unpaired) electrons. The average molecular weight is 639 g/mol. The molecule has 12 nitrogen and oxygen atoms in total. The van der Waals surface area contributed by atoms with Gasteiger partial charge in [-0.2, -0.15) is 0 Å². The Morgan fingerprint density at radius 3 is 1.65 bits per heavy atom. The van der Waals surface area contributed by atoms with Crippen molar-refractivity contribution in [2.24, 2.45) is 0 Å². The van der Waals surface area contributed by atoms with Crippen molar-refractivity contribution in [2.75, 3.05) is 85.8 Å². The van der Waals surface area contributed by atoms with E-state index in [1.165, 1.54) is 34.4 Å². The summed E-state index contributed by atoms with van der Waals surface area (Å²) >= 11 is 0. The van der Waals surface area contributed by atoms with Crippen LogP contribution in [0, 0.1) is 10.1 Å². The van der Waals surface area contributed by atoms with Crippen LogP contribution < -0.4 is 10.1 Å². The van der Waals surface area contributed by atoms with Gasteiger partial charge >= 0.3 is 6.09 Å². The normalized spacial score (nSPS) is 12.0. The smallest absolute Gasteiger partial charge is 0.407 e. The predicted octanol–water partition coefficient (Wildman–Crippen LogP) is 4.99. The van der Waals surface area contributed by atoms with Crippen LogP contribution in [0.2, 0.25) is 0 Å². The summed E-state index contributed by atoms with van der Waals surface area (Å²) in [6.45, 7) is 5.64. The molecule has 4 rings (SSSR count). The van der Waals surface area contributed by atoms with E-state index in [4.69, 9.17) is 33.2 Å². The molecular formula is C34H42N2O10. The van der Waals surface area contributed by atoms with E-state index in [9.17, 15) is 14.9 Å². The lowest BCUT2D eigenvalue weighted by atomic mass is 9.98. The van der Waals surface area contributed by atoms with Gasteiger partial charge in [0.2, 0.25) is 0 Å². The van der Waals surface area contributed by atoms with E-state index in [-0.39, 0.29) is 11.6 Å². The van der Waals surface area contributed by atoms with Gasteiger partial charge in [0.25, 0.3) is 5.69 Å². The molecule has 0 bridgehead atoms. The van der Waals surface area contributed by atoms with Gasteiger partial charge in [-0.05, 0) is 40.8 Å². The number of hydrogen-bond acceptors (Lipinski definition) is 10. The van der Waals surface area contributed by atoms with Crippen LogP contribution in [0.4, 0.5) is 10.5 Å². The first kappa shape index (κ1) is 34.8. The summed E-state index contributed by atoms with van der Waals surface area (Å²) in [4.78, 5) is 22.4. The van der Waals surface area contributed by atoms with Gasteiger partial charge in [-0.3, -0.25) is 10.1 Å². The minimum absolute atomic E-state index is 0.0231. The second-order valence-corrected chi connectivity index (χ2v) is 10.3. The Hall–Kier alpha value is -4.07. The molecule has 46 heavy (non-hydrogen) atoms. The van der Waals surface area contributed by atoms with Crippen LogP contribution in [-0.2, 0) is 28.4 Å². The van der Waals surface area contributed by atoms with E-state index in [0.29, 0.717) is 98.0 Å². The summed E-state index contributed by atoms with van der Waals surface area (Å²) in [7, 11) is 0. The fourth-order valence-corrected chi connectivity index (χ4v) is 4.88. The lowest BCUT2D eigenvalue weighted by molar-refractivity contribution is -0.384. The maximum Gasteiger partial charge on any atom is 0.407 e. The average Bonchev–Trinajstić information content (AvgIpc) is 3.40. The lowest BCUT2D eigenvalue weighted by Crippen LogP contribution is -2.27. The Bertz CT molecular complexity index is 1290. The maximum absolute atomic E-state index is 12.2. The van der Waals surface area contributed by atoms with Gasteiger partial charge in [-0.1, -0.05) is 48.5 Å². The number of nitro benzene ring substituents is 1. The first-order chi connectivity index (χ1) is 22.6. The van der Waals surface area contributed by atoms with Gasteiger partial charge in [0.1, 0.15) is 19.0 Å². The zero-order chi connectivity index (χ0) is 32.2. The van der Waals surface area contributed by atoms with E-state index in [2.05, 4.69) is 29.6 Å². The molecule has 1 N–H and O–H groups in total. The molecule has 1 aliphatic rings. The van der Waals surface area contributed by atoms with Gasteiger partial charge < -0.3 is 38.5 Å². The van der Waals surface area contributed by atoms with Crippen molar-refractivity contribution in [1.29, 1.82) is 0 Å². The number of hydrogen-bond donors (Lipinski definition) is 1. The third-order valence-electron chi connectivity index (χ3n) is 7.11. The Balaban J connectivity index is 0.873. The number of nitro groups is 1. The van der Waals surface area contributed by atoms with E-state index >= 15 is 0 Å². The highest BCUT2D eigenvalue weighted by atomic mass is 16.6. The third-order valence-corrected chi connectivity index (χ3v) is 7.11. The highest BCUT2D eigenvalue weighted by Crippen LogP contribution is 2.44. The number of non-ortho nitro benzene ring substituents is 1. The number of alkyl carbamates (subject to hydrolysis) is 1. The second-order valence-electron chi connectivity index (χ2n) is 10.3. The quantitative estimate of drug-likeness (QED) is 0.0860. The number of carbonyl (C=O) groups excluding carboxylic acids is 1. The summed E-state index contributed by atoms with van der Waals surface area (Å²) in [6, 6.07) is 22.4. The summed E-state index contributed by atoms with van der Waals surface area (Å²) < 4.78 is 38.4. The molecule has 1 aliphatic carbocycles. The summed E-state index contributed by atoms with van der Waals surface area (Å²) in [5, 5.41) is 13.4. The standard InChI is InChI=1S/C34H42N2O10/c37-34(46-26-33-31-8-3-1-6-29(31)30-7-2-4-9-32(30)33)35-14-5-15-40-16-17-41-18-19-42-20-21-43-22-23-44-24-25-45-28-12-10-27(11-13-28)36(38)39/h1-4,6-13,33H,5,14-26H2,(H,35,37). The fourth-order valence-electron chi connectivity index (χ4n) is 4.88. The van der Waals surface area contributed by atoms with Crippen LogP contribution in [0.25, 0.3) is 11.1 Å². The van der Waals surface area contributed by atoms with E-state index in [1.54, 1.807) is 12.1 Å². The van der Waals surface area contributed by atoms with Crippen molar-refractivity contribution in [3.63, 3.8) is 0 Å². The number of nitrogens with zero attached hydrogens (tertiary/aromatic N) is 1. The van der Waals surface area contributed by atoms with Crippen LogP contribution in [0.15, 0.2) is 72.8 Å². The summed E-state index contributed by atoms with van der Waals surface area (Å²) in [5.74, 6) is 0.597. The Kier molecular flexibility index (Phi) is 15.2. The van der Waals surface area contributed by atoms with Crippen LogP contribution in [-0.4, -0.2) is 96.8 Å². The molecule has 12 heteroatoms. The van der Waals surface area contributed by atoms with Crippen molar-refractivity contribution in [2.45, 2.75) is 12.3 Å². The topological polar surface area (TPSA) is 137 Å². The van der Waals surface area contributed by atoms with Gasteiger partial charge in [0.05, 0.1) is 64.4 Å². The Morgan fingerprint density at radius 1 is 0.652 bits per heavy atom. The van der Waals surface area contributed by atoms with Crippen LogP contribution in [0.3, 0.4) is 0 Å². The van der Waals surface area contributed by atoms with Gasteiger partial charge in [0.15, 0.2) is 0 Å². The van der Waals surface area contributed by atoms with Crippen molar-refractivity contribution < 1.29 is 42.9 Å². The molecule has 1 amide bonds. The Morgan fingerprint density at radius 2 is 1.13 bits per heavy atom. The molecule has 0 atom stereocenters. The zero-order valence-electron chi connectivity index (χ0n) is 25.9. The monoisotopic (exact) mass is 638 g/mol. The molecule has 0 heterocycles. The number of rotatable bonds is 23. The van der Waals surface area contributed by atoms with E-state index in [1.807, 2.05) is 24.3 Å². The maximum atomic E-state index is 12.2. The molecule has 248 valence electrons. The number of amides is 1. The molecule has 0 saturated carbocycles. The molecule has 3 aromatic rings. The number of nitrogens with one attached hydrogen (secondary N) is 1. The van der Waals surface area contributed by atoms with Crippen molar-refractivity contribution >= 4 is 11.8 Å². The highest BCUT2D eigenvalue weighted by Gasteiger charge is 2.28. The molecule has 0 unspecified atom stereocenters. The molecule has 0 saturated heterocycles. The van der Waals surface area contributed by atoms with Crippen molar-refractivity contribution in [1.82, 2.24) is 5.32 Å². The molecule has 0 fully saturated rings. The largest absolute Gasteiger partial charge is 0.491 e. The molecule has 0 spiro atoms. The zero-order valence-corrected chi connectivity index (χ0v) is 25.9. The summed E-state index contributed by atoms with van der Waals surface area (Å²) in [6.07, 6.45) is 0.252. The number of ether oxygens (including phenoxy) is 7. The SMILES string of the molecule is O=C(NCCCOCCOCCOCCOCCOCCOc1ccc([N+](=O)[O-])cc1)OCC1c2ccccc2-c2ccccc21. The molecule has 0 aliphatic heterocycles. The van der Waals surface area contributed by atoms with Crippen LogP contribution in [0.1, 0.15) is 23.5 Å². The molecule has 3 aromatic carbocycles. The number of carbonyl (C=O) groups is 1. The van der Waals surface area contributed by atoms with Crippen LogP contribution >= 0.6 is 0 Å². The minimum atomic E-state index is -0.453. The minimum Gasteiger partial charge on any atom is -0.491 e. The Labute approximate surface area is 269 Å². The number of fused-ring (bicyclic) bond motifs is 3.